The van der Waals surface area contributed by atoms with Gasteiger partial charge in [-0.05, 0) is 19.1 Å². The monoisotopic (exact) mass is 382 g/mol. The quantitative estimate of drug-likeness (QED) is 0.689. The van der Waals surface area contributed by atoms with Crippen LogP contribution >= 0.6 is 0 Å². The molecule has 6 nitrogen and oxygen atoms in total. The molecule has 1 amide bonds. The largest absolute Gasteiger partial charge is 0.493 e. The first-order valence-electron chi connectivity index (χ1n) is 9.42. The van der Waals surface area contributed by atoms with Gasteiger partial charge in [0.2, 0.25) is 0 Å². The molecule has 1 aliphatic heterocycles. The lowest BCUT2D eigenvalue weighted by Crippen LogP contribution is -2.51. The average Bonchev–Trinajstić information content (AvgIpc) is 2.73. The Hall–Kier alpha value is -2.86. The number of Topliss-reactive ketones (excluding diaryl/α,β-unsaturated/α-hetero) is 1. The Labute approximate surface area is 165 Å². The third-order valence-corrected chi connectivity index (χ3v) is 4.89. The second-order valence-corrected chi connectivity index (χ2v) is 6.89. The molecule has 0 unspecified atom stereocenters. The minimum absolute atomic E-state index is 0.0251. The Bertz CT molecular complexity index is 812. The lowest BCUT2D eigenvalue weighted by atomic mass is 10.1. The lowest BCUT2D eigenvalue weighted by molar-refractivity contribution is -0.135. The summed E-state index contributed by atoms with van der Waals surface area (Å²) >= 11 is 0. The highest BCUT2D eigenvalue weighted by Crippen LogP contribution is 2.25. The fourth-order valence-electron chi connectivity index (χ4n) is 3.16. The number of carbonyl (C=O) groups excluding carboxylic acids is 2. The molecule has 148 valence electrons. The first-order chi connectivity index (χ1) is 13.6. The topological polar surface area (TPSA) is 59.1 Å². The number of methoxy groups -OCH3 is 1. The summed E-state index contributed by atoms with van der Waals surface area (Å²) in [5.41, 5.74) is 1.87. The molecule has 0 spiro atoms. The molecule has 0 atom stereocenters. The zero-order valence-corrected chi connectivity index (χ0v) is 16.4. The molecule has 0 bridgehead atoms. The molecular weight excluding hydrogens is 356 g/mol. The van der Waals surface area contributed by atoms with E-state index >= 15 is 0 Å². The number of hydrogen-bond donors (Lipinski definition) is 0. The minimum atomic E-state index is -0.0598. The molecule has 0 radical (unpaired) electrons. The molecule has 1 heterocycles. The van der Waals surface area contributed by atoms with Crippen LogP contribution in [-0.4, -0.2) is 67.9 Å². The Kier molecular flexibility index (Phi) is 6.66. The van der Waals surface area contributed by atoms with Crippen LogP contribution < -0.4 is 9.47 Å². The molecule has 3 rings (SSSR count). The van der Waals surface area contributed by atoms with Gasteiger partial charge in [-0.1, -0.05) is 42.0 Å². The summed E-state index contributed by atoms with van der Waals surface area (Å²) in [6, 6.07) is 14.9. The third kappa shape index (κ3) is 5.10. The fourth-order valence-corrected chi connectivity index (χ4v) is 3.16. The molecule has 2 aromatic rings. The SMILES string of the molecule is COc1ccccc1OCC(=O)N1CCN(CC(=O)c2ccc(C)cc2)CC1. The zero-order chi connectivity index (χ0) is 19.9. The number of amides is 1. The van der Waals surface area contributed by atoms with Crippen molar-refractivity contribution in [2.75, 3.05) is 46.4 Å². The van der Waals surface area contributed by atoms with Crippen molar-refractivity contribution in [3.63, 3.8) is 0 Å². The van der Waals surface area contributed by atoms with E-state index in [1.165, 1.54) is 0 Å². The molecule has 0 N–H and O–H groups in total. The number of benzene rings is 2. The van der Waals surface area contributed by atoms with Gasteiger partial charge in [0.15, 0.2) is 23.9 Å². The number of hydrogen-bond acceptors (Lipinski definition) is 5. The maximum Gasteiger partial charge on any atom is 0.260 e. The van der Waals surface area contributed by atoms with E-state index in [9.17, 15) is 9.59 Å². The standard InChI is InChI=1S/C22H26N2O4/c1-17-7-9-18(10-8-17)19(25)15-23-11-13-24(14-12-23)22(26)16-28-21-6-4-3-5-20(21)27-2/h3-10H,11-16H2,1-2H3. The van der Waals surface area contributed by atoms with Crippen LogP contribution in [0.15, 0.2) is 48.5 Å². The number of para-hydroxylation sites is 2. The van der Waals surface area contributed by atoms with Gasteiger partial charge in [0.1, 0.15) is 0 Å². The van der Waals surface area contributed by atoms with Crippen molar-refractivity contribution in [3.8, 4) is 11.5 Å². The van der Waals surface area contributed by atoms with Gasteiger partial charge >= 0.3 is 0 Å². The molecule has 0 saturated carbocycles. The maximum atomic E-state index is 12.4. The molecule has 1 aliphatic rings. The highest BCUT2D eigenvalue weighted by molar-refractivity contribution is 5.97. The van der Waals surface area contributed by atoms with Crippen molar-refractivity contribution in [2.24, 2.45) is 0 Å². The van der Waals surface area contributed by atoms with Gasteiger partial charge in [0, 0.05) is 31.7 Å². The fraction of sp³-hybridized carbons (Fsp3) is 0.364. The highest BCUT2D eigenvalue weighted by Gasteiger charge is 2.23. The second-order valence-electron chi connectivity index (χ2n) is 6.89. The minimum Gasteiger partial charge on any atom is -0.493 e. The summed E-state index contributed by atoms with van der Waals surface area (Å²) in [4.78, 5) is 28.7. The zero-order valence-electron chi connectivity index (χ0n) is 16.4. The van der Waals surface area contributed by atoms with Crippen molar-refractivity contribution in [2.45, 2.75) is 6.92 Å². The number of carbonyl (C=O) groups is 2. The van der Waals surface area contributed by atoms with E-state index in [0.29, 0.717) is 44.2 Å². The summed E-state index contributed by atoms with van der Waals surface area (Å²) in [6.07, 6.45) is 0. The third-order valence-electron chi connectivity index (χ3n) is 4.89. The number of nitrogens with zero attached hydrogens (tertiary/aromatic N) is 2. The van der Waals surface area contributed by atoms with Crippen LogP contribution in [0.25, 0.3) is 0 Å². The van der Waals surface area contributed by atoms with E-state index in [1.807, 2.05) is 43.3 Å². The van der Waals surface area contributed by atoms with Crippen molar-refractivity contribution in [1.82, 2.24) is 9.80 Å². The van der Waals surface area contributed by atoms with Crippen LogP contribution in [0.3, 0.4) is 0 Å². The van der Waals surface area contributed by atoms with Gasteiger partial charge in [-0.25, -0.2) is 0 Å². The van der Waals surface area contributed by atoms with Crippen molar-refractivity contribution in [3.05, 3.63) is 59.7 Å². The first kappa shape index (κ1) is 19.9. The summed E-state index contributed by atoms with van der Waals surface area (Å²) in [6.45, 7) is 4.90. The molecule has 0 aromatic heterocycles. The molecular formula is C22H26N2O4. The van der Waals surface area contributed by atoms with Crippen LogP contribution in [0.4, 0.5) is 0 Å². The second kappa shape index (κ2) is 9.37. The van der Waals surface area contributed by atoms with Gasteiger partial charge in [-0.2, -0.15) is 0 Å². The van der Waals surface area contributed by atoms with Crippen LogP contribution in [0, 0.1) is 6.92 Å². The molecule has 1 saturated heterocycles. The van der Waals surface area contributed by atoms with Gasteiger partial charge in [0.25, 0.3) is 5.91 Å². The molecule has 6 heteroatoms. The summed E-state index contributed by atoms with van der Waals surface area (Å²) in [7, 11) is 1.57. The van der Waals surface area contributed by atoms with E-state index < -0.39 is 0 Å². The normalized spacial score (nSPS) is 14.6. The predicted molar refractivity (Wildman–Crippen MR) is 107 cm³/mol. The van der Waals surface area contributed by atoms with E-state index in [1.54, 1.807) is 24.1 Å². The Morgan fingerprint density at radius 3 is 2.21 bits per heavy atom. The van der Waals surface area contributed by atoms with Crippen LogP contribution in [-0.2, 0) is 4.79 Å². The number of piperazine rings is 1. The van der Waals surface area contributed by atoms with Crippen molar-refractivity contribution < 1.29 is 19.1 Å². The maximum absolute atomic E-state index is 12.4. The Balaban J connectivity index is 1.45. The van der Waals surface area contributed by atoms with Gasteiger partial charge in [-0.3, -0.25) is 14.5 Å². The van der Waals surface area contributed by atoms with Crippen LogP contribution in [0.1, 0.15) is 15.9 Å². The molecule has 2 aromatic carbocycles. The van der Waals surface area contributed by atoms with E-state index in [2.05, 4.69) is 4.90 Å². The Morgan fingerprint density at radius 2 is 1.57 bits per heavy atom. The number of ketones is 1. The van der Waals surface area contributed by atoms with Crippen LogP contribution in [0.2, 0.25) is 0 Å². The average molecular weight is 382 g/mol. The first-order valence-corrected chi connectivity index (χ1v) is 9.42. The van der Waals surface area contributed by atoms with Crippen molar-refractivity contribution in [1.29, 1.82) is 0 Å². The van der Waals surface area contributed by atoms with Gasteiger partial charge in [-0.15, -0.1) is 0 Å². The molecule has 1 fully saturated rings. The van der Waals surface area contributed by atoms with E-state index in [4.69, 9.17) is 9.47 Å². The highest BCUT2D eigenvalue weighted by atomic mass is 16.5. The predicted octanol–water partition coefficient (Wildman–Crippen LogP) is 2.41. The van der Waals surface area contributed by atoms with Crippen molar-refractivity contribution >= 4 is 11.7 Å². The van der Waals surface area contributed by atoms with E-state index in [-0.39, 0.29) is 18.3 Å². The van der Waals surface area contributed by atoms with E-state index in [0.717, 1.165) is 11.1 Å². The van der Waals surface area contributed by atoms with Gasteiger partial charge < -0.3 is 14.4 Å². The summed E-state index contributed by atoms with van der Waals surface area (Å²) < 4.78 is 10.8. The lowest BCUT2D eigenvalue weighted by Gasteiger charge is -2.34. The Morgan fingerprint density at radius 1 is 0.929 bits per heavy atom. The smallest absolute Gasteiger partial charge is 0.260 e. The number of ether oxygens (including phenoxy) is 2. The number of rotatable bonds is 7. The van der Waals surface area contributed by atoms with Gasteiger partial charge in [0.05, 0.1) is 13.7 Å². The molecule has 28 heavy (non-hydrogen) atoms. The van der Waals surface area contributed by atoms with Crippen LogP contribution in [0.5, 0.6) is 11.5 Å². The molecule has 0 aliphatic carbocycles. The number of aryl methyl sites for hydroxylation is 1. The summed E-state index contributed by atoms with van der Waals surface area (Å²) in [5.74, 6) is 1.21. The summed E-state index contributed by atoms with van der Waals surface area (Å²) in [5, 5.41) is 0.